The van der Waals surface area contributed by atoms with Crippen molar-refractivity contribution in [2.75, 3.05) is 13.7 Å². The lowest BCUT2D eigenvalue weighted by molar-refractivity contribution is 0.106. The van der Waals surface area contributed by atoms with Gasteiger partial charge in [0.05, 0.1) is 7.11 Å². The zero-order valence-electron chi connectivity index (χ0n) is 12.8. The molecule has 0 spiro atoms. The van der Waals surface area contributed by atoms with Crippen LogP contribution in [-0.4, -0.2) is 18.8 Å². The molecule has 0 aromatic heterocycles. The third kappa shape index (κ3) is 4.24. The van der Waals surface area contributed by atoms with E-state index in [4.69, 9.17) is 4.74 Å². The number of benzene rings is 1. The molecule has 1 aromatic rings. The number of aliphatic hydroxyl groups is 1. The first-order valence-electron chi connectivity index (χ1n) is 7.35. The van der Waals surface area contributed by atoms with Crippen LogP contribution in [0.1, 0.15) is 50.7 Å². The number of ether oxygens (including phenoxy) is 1. The molecule has 0 bridgehead atoms. The van der Waals surface area contributed by atoms with Crippen molar-refractivity contribution in [2.45, 2.75) is 52.9 Å². The van der Waals surface area contributed by atoms with Crippen molar-refractivity contribution in [1.29, 1.82) is 0 Å². The summed E-state index contributed by atoms with van der Waals surface area (Å²) in [6.07, 6.45) is 5.31. The molecule has 2 heteroatoms. The Morgan fingerprint density at radius 2 is 2.00 bits per heavy atom. The Labute approximate surface area is 117 Å². The average Bonchev–Trinajstić information content (AvgIpc) is 2.44. The SMILES string of the molecule is CCCCC(CC)(CO)Cc1cc(C)ccc1OC. The van der Waals surface area contributed by atoms with Gasteiger partial charge in [0.25, 0.3) is 0 Å². The van der Waals surface area contributed by atoms with Crippen molar-refractivity contribution >= 4 is 0 Å². The minimum absolute atomic E-state index is 0.00289. The predicted octanol–water partition coefficient (Wildman–Crippen LogP) is 4.13. The van der Waals surface area contributed by atoms with Crippen LogP contribution in [0.25, 0.3) is 0 Å². The summed E-state index contributed by atoms with van der Waals surface area (Å²) in [6.45, 7) is 6.72. The first-order valence-corrected chi connectivity index (χ1v) is 7.35. The van der Waals surface area contributed by atoms with Crippen LogP contribution in [0.15, 0.2) is 18.2 Å². The molecule has 0 aliphatic heterocycles. The monoisotopic (exact) mass is 264 g/mol. The van der Waals surface area contributed by atoms with Crippen LogP contribution < -0.4 is 4.74 Å². The van der Waals surface area contributed by atoms with Crippen molar-refractivity contribution in [3.05, 3.63) is 29.3 Å². The van der Waals surface area contributed by atoms with Crippen LogP contribution in [0.2, 0.25) is 0 Å². The summed E-state index contributed by atoms with van der Waals surface area (Å²) >= 11 is 0. The summed E-state index contributed by atoms with van der Waals surface area (Å²) in [6, 6.07) is 6.29. The van der Waals surface area contributed by atoms with Crippen LogP contribution in [0.4, 0.5) is 0 Å². The summed E-state index contributed by atoms with van der Waals surface area (Å²) in [5.74, 6) is 0.938. The van der Waals surface area contributed by atoms with E-state index in [0.717, 1.165) is 25.0 Å². The normalized spacial score (nSPS) is 14.2. The van der Waals surface area contributed by atoms with E-state index in [9.17, 15) is 5.11 Å². The first kappa shape index (κ1) is 16.0. The number of aliphatic hydroxyl groups excluding tert-OH is 1. The predicted molar refractivity (Wildman–Crippen MR) is 80.8 cm³/mol. The van der Waals surface area contributed by atoms with Gasteiger partial charge in [-0.3, -0.25) is 0 Å². The molecule has 1 unspecified atom stereocenters. The molecular weight excluding hydrogens is 236 g/mol. The van der Waals surface area contributed by atoms with Gasteiger partial charge in [-0.15, -0.1) is 0 Å². The molecule has 0 aliphatic carbocycles. The van der Waals surface area contributed by atoms with Crippen LogP contribution in [0, 0.1) is 12.3 Å². The molecule has 1 aromatic carbocycles. The van der Waals surface area contributed by atoms with Crippen LogP contribution in [0.5, 0.6) is 5.75 Å². The molecule has 0 radical (unpaired) electrons. The maximum Gasteiger partial charge on any atom is 0.122 e. The molecule has 1 atom stereocenters. The fourth-order valence-electron chi connectivity index (χ4n) is 2.64. The topological polar surface area (TPSA) is 29.5 Å². The van der Waals surface area contributed by atoms with Crippen molar-refractivity contribution < 1.29 is 9.84 Å². The highest BCUT2D eigenvalue weighted by Crippen LogP contribution is 2.35. The van der Waals surface area contributed by atoms with E-state index in [1.54, 1.807) is 7.11 Å². The summed E-state index contributed by atoms with van der Waals surface area (Å²) < 4.78 is 5.46. The lowest BCUT2D eigenvalue weighted by Crippen LogP contribution is -2.27. The van der Waals surface area contributed by atoms with Crippen molar-refractivity contribution in [2.24, 2.45) is 5.41 Å². The van der Waals surface area contributed by atoms with E-state index in [1.165, 1.54) is 24.0 Å². The molecule has 2 nitrogen and oxygen atoms in total. The van der Waals surface area contributed by atoms with Gasteiger partial charge >= 0.3 is 0 Å². The molecule has 1 N–H and O–H groups in total. The number of methoxy groups -OCH3 is 1. The van der Waals surface area contributed by atoms with Gasteiger partial charge in [-0.1, -0.05) is 44.4 Å². The molecule has 0 saturated heterocycles. The minimum atomic E-state index is -0.00289. The molecule has 0 fully saturated rings. The number of aryl methyl sites for hydroxylation is 1. The zero-order valence-corrected chi connectivity index (χ0v) is 12.8. The van der Waals surface area contributed by atoms with Gasteiger partial charge < -0.3 is 9.84 Å². The summed E-state index contributed by atoms with van der Waals surface area (Å²) in [5, 5.41) is 9.86. The van der Waals surface area contributed by atoms with Gasteiger partial charge in [0.1, 0.15) is 5.75 Å². The van der Waals surface area contributed by atoms with Crippen molar-refractivity contribution in [3.8, 4) is 5.75 Å². The summed E-state index contributed by atoms with van der Waals surface area (Å²) in [7, 11) is 1.72. The molecule has 1 rings (SSSR count). The number of hydrogen-bond donors (Lipinski definition) is 1. The van der Waals surface area contributed by atoms with E-state index in [0.29, 0.717) is 0 Å². The highest BCUT2D eigenvalue weighted by Gasteiger charge is 2.28. The van der Waals surface area contributed by atoms with Gasteiger partial charge in [-0.2, -0.15) is 0 Å². The van der Waals surface area contributed by atoms with Gasteiger partial charge in [-0.05, 0) is 43.2 Å². The van der Waals surface area contributed by atoms with Crippen LogP contribution >= 0.6 is 0 Å². The average molecular weight is 264 g/mol. The number of hydrogen-bond acceptors (Lipinski definition) is 2. The second kappa shape index (κ2) is 7.54. The van der Waals surface area contributed by atoms with Gasteiger partial charge in [0.2, 0.25) is 0 Å². The zero-order chi connectivity index (χ0) is 14.3. The van der Waals surface area contributed by atoms with Gasteiger partial charge in [-0.25, -0.2) is 0 Å². The highest BCUT2D eigenvalue weighted by molar-refractivity contribution is 5.37. The Balaban J connectivity index is 2.98. The Morgan fingerprint density at radius 1 is 1.26 bits per heavy atom. The quantitative estimate of drug-likeness (QED) is 0.765. The van der Waals surface area contributed by atoms with E-state index < -0.39 is 0 Å². The fourth-order valence-corrected chi connectivity index (χ4v) is 2.64. The van der Waals surface area contributed by atoms with E-state index in [2.05, 4.69) is 32.9 Å². The Morgan fingerprint density at radius 3 is 2.53 bits per heavy atom. The number of unbranched alkanes of at least 4 members (excludes halogenated alkanes) is 1. The van der Waals surface area contributed by atoms with Gasteiger partial charge in [0, 0.05) is 6.61 Å². The molecule has 19 heavy (non-hydrogen) atoms. The molecule has 0 heterocycles. The third-order valence-electron chi connectivity index (χ3n) is 4.15. The smallest absolute Gasteiger partial charge is 0.122 e. The minimum Gasteiger partial charge on any atom is -0.496 e. The molecule has 108 valence electrons. The molecule has 0 aliphatic rings. The lowest BCUT2D eigenvalue weighted by atomic mass is 9.75. The maximum atomic E-state index is 9.86. The van der Waals surface area contributed by atoms with Crippen molar-refractivity contribution in [1.82, 2.24) is 0 Å². The summed E-state index contributed by atoms with van der Waals surface area (Å²) in [5.41, 5.74) is 2.46. The lowest BCUT2D eigenvalue weighted by Gasteiger charge is -2.31. The van der Waals surface area contributed by atoms with E-state index >= 15 is 0 Å². The third-order valence-corrected chi connectivity index (χ3v) is 4.15. The maximum absolute atomic E-state index is 9.86. The Hall–Kier alpha value is -1.02. The van der Waals surface area contributed by atoms with Crippen molar-refractivity contribution in [3.63, 3.8) is 0 Å². The van der Waals surface area contributed by atoms with E-state index in [-0.39, 0.29) is 12.0 Å². The molecule has 0 amide bonds. The standard InChI is InChI=1S/C17H28O2/c1-5-7-10-17(6-2,13-18)12-15-11-14(3)8-9-16(15)19-4/h8-9,11,18H,5-7,10,12-13H2,1-4H3. The first-order chi connectivity index (χ1) is 9.10. The highest BCUT2D eigenvalue weighted by atomic mass is 16.5. The Bertz CT molecular complexity index is 381. The Kier molecular flexibility index (Phi) is 6.36. The van der Waals surface area contributed by atoms with E-state index in [1.807, 2.05) is 6.07 Å². The van der Waals surface area contributed by atoms with Crippen LogP contribution in [-0.2, 0) is 6.42 Å². The van der Waals surface area contributed by atoms with Crippen LogP contribution in [0.3, 0.4) is 0 Å². The second-order valence-electron chi connectivity index (χ2n) is 5.61. The molecular formula is C17H28O2. The summed E-state index contributed by atoms with van der Waals surface area (Å²) in [4.78, 5) is 0. The molecule has 0 saturated carbocycles. The number of rotatable bonds is 8. The second-order valence-corrected chi connectivity index (χ2v) is 5.61. The van der Waals surface area contributed by atoms with Gasteiger partial charge in [0.15, 0.2) is 0 Å². The fraction of sp³-hybridized carbons (Fsp3) is 0.647. The largest absolute Gasteiger partial charge is 0.496 e.